The summed E-state index contributed by atoms with van der Waals surface area (Å²) in [6.07, 6.45) is 4.54. The standard InChI is InChI=1S/C22H25NO4/c1-26-21(24)20(16-10-4-7-13-18-11-5-2-6-12-18)23-22(25)27-17-19-14-8-3-9-15-19/h2-3,5-6,8-9,11-12,14-16H,4,7,10,13,17H2,1H3,(H,23,25). The number of benzene rings is 2. The zero-order chi connectivity index (χ0) is 19.3. The predicted molar refractivity (Wildman–Crippen MR) is 104 cm³/mol. The lowest BCUT2D eigenvalue weighted by molar-refractivity contribution is -0.136. The van der Waals surface area contributed by atoms with Crippen LogP contribution in [0.2, 0.25) is 0 Å². The van der Waals surface area contributed by atoms with Crippen molar-refractivity contribution in [2.45, 2.75) is 32.3 Å². The van der Waals surface area contributed by atoms with Crippen LogP contribution in [0, 0.1) is 0 Å². The van der Waals surface area contributed by atoms with Crippen LogP contribution >= 0.6 is 0 Å². The van der Waals surface area contributed by atoms with E-state index in [0.717, 1.165) is 24.8 Å². The second-order valence-corrected chi connectivity index (χ2v) is 6.03. The highest BCUT2D eigenvalue weighted by atomic mass is 16.6. The molecular weight excluding hydrogens is 342 g/mol. The van der Waals surface area contributed by atoms with Gasteiger partial charge in [0.15, 0.2) is 0 Å². The van der Waals surface area contributed by atoms with Gasteiger partial charge in [-0.3, -0.25) is 5.32 Å². The number of methoxy groups -OCH3 is 1. The smallest absolute Gasteiger partial charge is 0.412 e. The number of carbonyl (C=O) groups excluding carboxylic acids is 2. The molecule has 2 aromatic carbocycles. The van der Waals surface area contributed by atoms with Gasteiger partial charge in [-0.2, -0.15) is 0 Å². The fourth-order valence-electron chi connectivity index (χ4n) is 2.53. The van der Waals surface area contributed by atoms with Crippen molar-refractivity contribution in [3.63, 3.8) is 0 Å². The number of allylic oxidation sites excluding steroid dienone is 1. The maximum absolute atomic E-state index is 11.9. The third-order valence-electron chi connectivity index (χ3n) is 3.97. The van der Waals surface area contributed by atoms with Crippen LogP contribution in [-0.2, 0) is 27.3 Å². The number of nitrogens with one attached hydrogen (secondary N) is 1. The van der Waals surface area contributed by atoms with E-state index in [9.17, 15) is 9.59 Å². The van der Waals surface area contributed by atoms with Gasteiger partial charge in [0, 0.05) is 0 Å². The molecule has 142 valence electrons. The maximum Gasteiger partial charge on any atom is 0.412 e. The van der Waals surface area contributed by atoms with Crippen LogP contribution in [0.1, 0.15) is 30.4 Å². The van der Waals surface area contributed by atoms with Crippen molar-refractivity contribution in [3.05, 3.63) is 83.6 Å². The SMILES string of the molecule is COC(=O)C(=CCCCCc1ccccc1)NC(=O)OCc1ccccc1. The third-order valence-corrected chi connectivity index (χ3v) is 3.97. The van der Waals surface area contributed by atoms with Gasteiger partial charge in [-0.25, -0.2) is 9.59 Å². The van der Waals surface area contributed by atoms with Crippen molar-refractivity contribution in [2.24, 2.45) is 0 Å². The fraction of sp³-hybridized carbons (Fsp3) is 0.273. The Morgan fingerprint density at radius 2 is 1.56 bits per heavy atom. The number of hydrogen-bond acceptors (Lipinski definition) is 4. The number of hydrogen-bond donors (Lipinski definition) is 1. The second kappa shape index (κ2) is 11.5. The van der Waals surface area contributed by atoms with E-state index >= 15 is 0 Å². The van der Waals surface area contributed by atoms with Crippen LogP contribution in [0.5, 0.6) is 0 Å². The molecule has 0 aliphatic carbocycles. The summed E-state index contributed by atoms with van der Waals surface area (Å²) in [6.45, 7) is 0.137. The summed E-state index contributed by atoms with van der Waals surface area (Å²) in [7, 11) is 1.28. The average Bonchev–Trinajstić information content (AvgIpc) is 2.72. The molecule has 1 amide bonds. The zero-order valence-electron chi connectivity index (χ0n) is 15.5. The number of aryl methyl sites for hydroxylation is 1. The van der Waals surface area contributed by atoms with Gasteiger partial charge < -0.3 is 9.47 Å². The Balaban J connectivity index is 1.78. The van der Waals surface area contributed by atoms with E-state index in [-0.39, 0.29) is 12.3 Å². The van der Waals surface area contributed by atoms with E-state index in [4.69, 9.17) is 9.47 Å². The molecule has 5 heteroatoms. The molecule has 0 aliphatic heterocycles. The highest BCUT2D eigenvalue weighted by Gasteiger charge is 2.13. The summed E-state index contributed by atoms with van der Waals surface area (Å²) in [5, 5.41) is 2.47. The minimum absolute atomic E-state index is 0.107. The van der Waals surface area contributed by atoms with Gasteiger partial charge in [-0.15, -0.1) is 0 Å². The summed E-state index contributed by atoms with van der Waals surface area (Å²) >= 11 is 0. The van der Waals surface area contributed by atoms with E-state index in [1.807, 2.05) is 48.5 Å². The summed E-state index contributed by atoms with van der Waals surface area (Å²) in [4.78, 5) is 23.8. The molecule has 0 fully saturated rings. The van der Waals surface area contributed by atoms with Crippen molar-refractivity contribution in [3.8, 4) is 0 Å². The van der Waals surface area contributed by atoms with Gasteiger partial charge in [0.25, 0.3) is 0 Å². The molecule has 0 aliphatic rings. The molecule has 2 rings (SSSR count). The Hall–Kier alpha value is -3.08. The first kappa shape index (κ1) is 20.2. The molecular formula is C22H25NO4. The Morgan fingerprint density at radius 1 is 0.926 bits per heavy atom. The topological polar surface area (TPSA) is 64.6 Å². The maximum atomic E-state index is 11.9. The van der Waals surface area contributed by atoms with Crippen LogP contribution in [0.3, 0.4) is 0 Å². The number of unbranched alkanes of at least 4 members (excludes halogenated alkanes) is 2. The Bertz CT molecular complexity index is 741. The molecule has 0 saturated carbocycles. The fourth-order valence-corrected chi connectivity index (χ4v) is 2.53. The van der Waals surface area contributed by atoms with Gasteiger partial charge in [-0.05, 0) is 36.8 Å². The molecule has 0 spiro atoms. The van der Waals surface area contributed by atoms with Crippen molar-refractivity contribution < 1.29 is 19.1 Å². The molecule has 2 aromatic rings. The Kier molecular flexibility index (Phi) is 8.63. The predicted octanol–water partition coefficient (Wildman–Crippen LogP) is 4.38. The van der Waals surface area contributed by atoms with Gasteiger partial charge in [0.1, 0.15) is 12.3 Å². The summed E-state index contributed by atoms with van der Waals surface area (Å²) in [5.74, 6) is -0.588. The first-order valence-electron chi connectivity index (χ1n) is 8.99. The Morgan fingerprint density at radius 3 is 2.19 bits per heavy atom. The van der Waals surface area contributed by atoms with Crippen LogP contribution in [-0.4, -0.2) is 19.2 Å². The van der Waals surface area contributed by atoms with Gasteiger partial charge in [-0.1, -0.05) is 66.7 Å². The highest BCUT2D eigenvalue weighted by Crippen LogP contribution is 2.08. The van der Waals surface area contributed by atoms with E-state index in [2.05, 4.69) is 17.4 Å². The number of esters is 1. The second-order valence-electron chi connectivity index (χ2n) is 6.03. The molecule has 0 aromatic heterocycles. The molecule has 0 unspecified atom stereocenters. The van der Waals surface area contributed by atoms with E-state index in [1.165, 1.54) is 12.7 Å². The molecule has 0 radical (unpaired) electrons. The lowest BCUT2D eigenvalue weighted by atomic mass is 10.1. The molecule has 5 nitrogen and oxygen atoms in total. The third kappa shape index (κ3) is 7.77. The van der Waals surface area contributed by atoms with Crippen molar-refractivity contribution in [1.82, 2.24) is 5.32 Å². The monoisotopic (exact) mass is 367 g/mol. The molecule has 0 heterocycles. The van der Waals surface area contributed by atoms with Crippen molar-refractivity contribution in [1.29, 1.82) is 0 Å². The minimum Gasteiger partial charge on any atom is -0.464 e. The molecule has 27 heavy (non-hydrogen) atoms. The van der Waals surface area contributed by atoms with Crippen LogP contribution < -0.4 is 5.32 Å². The van der Waals surface area contributed by atoms with Crippen LogP contribution in [0.4, 0.5) is 4.79 Å². The van der Waals surface area contributed by atoms with Gasteiger partial charge in [0.2, 0.25) is 0 Å². The summed E-state index contributed by atoms with van der Waals surface area (Å²) < 4.78 is 9.86. The summed E-state index contributed by atoms with van der Waals surface area (Å²) in [5.41, 5.74) is 2.27. The van der Waals surface area contributed by atoms with Crippen LogP contribution in [0.25, 0.3) is 0 Å². The van der Waals surface area contributed by atoms with Crippen molar-refractivity contribution in [2.75, 3.05) is 7.11 Å². The highest BCUT2D eigenvalue weighted by molar-refractivity contribution is 5.92. The number of carbonyl (C=O) groups is 2. The van der Waals surface area contributed by atoms with E-state index in [1.54, 1.807) is 6.08 Å². The number of rotatable bonds is 9. The van der Waals surface area contributed by atoms with E-state index in [0.29, 0.717) is 6.42 Å². The normalized spacial score (nSPS) is 10.9. The Labute approximate surface area is 160 Å². The van der Waals surface area contributed by atoms with Gasteiger partial charge in [0.05, 0.1) is 7.11 Å². The first-order valence-corrected chi connectivity index (χ1v) is 8.99. The van der Waals surface area contributed by atoms with Crippen molar-refractivity contribution >= 4 is 12.1 Å². The lowest BCUT2D eigenvalue weighted by Crippen LogP contribution is -2.28. The van der Waals surface area contributed by atoms with E-state index < -0.39 is 12.1 Å². The number of ether oxygens (including phenoxy) is 2. The quantitative estimate of drug-likeness (QED) is 0.406. The average molecular weight is 367 g/mol. The first-order chi connectivity index (χ1) is 13.2. The zero-order valence-corrected chi connectivity index (χ0v) is 15.5. The lowest BCUT2D eigenvalue weighted by Gasteiger charge is -2.09. The molecule has 0 bridgehead atoms. The molecule has 1 N–H and O–H groups in total. The van der Waals surface area contributed by atoms with Crippen LogP contribution in [0.15, 0.2) is 72.4 Å². The number of alkyl carbamates (subject to hydrolysis) is 1. The largest absolute Gasteiger partial charge is 0.464 e. The molecule has 0 saturated heterocycles. The molecule has 0 atom stereocenters. The number of amides is 1. The summed E-state index contributed by atoms with van der Waals surface area (Å²) in [6, 6.07) is 19.6. The minimum atomic E-state index is -0.681. The van der Waals surface area contributed by atoms with Gasteiger partial charge >= 0.3 is 12.1 Å².